The van der Waals surface area contributed by atoms with E-state index in [1.165, 1.54) is 11.1 Å². The van der Waals surface area contributed by atoms with Crippen LogP contribution in [0.4, 0.5) is 11.4 Å². The van der Waals surface area contributed by atoms with E-state index in [9.17, 15) is 0 Å². The molecule has 0 unspecified atom stereocenters. The van der Waals surface area contributed by atoms with E-state index in [4.69, 9.17) is 11.5 Å². The lowest BCUT2D eigenvalue weighted by Gasteiger charge is -2.24. The van der Waals surface area contributed by atoms with Crippen molar-refractivity contribution in [1.82, 2.24) is 0 Å². The molecule has 20 heavy (non-hydrogen) atoms. The molecule has 0 radical (unpaired) electrons. The lowest BCUT2D eigenvalue weighted by molar-refractivity contribution is 0.589. The van der Waals surface area contributed by atoms with Crippen LogP contribution < -0.4 is 11.5 Å². The van der Waals surface area contributed by atoms with Gasteiger partial charge in [-0.1, -0.05) is 53.7 Å². The first-order valence-electron chi connectivity index (χ1n) is 7.14. The molecule has 2 aromatic carbocycles. The second kappa shape index (κ2) is 4.41. The minimum atomic E-state index is 0.0782. The lowest BCUT2D eigenvalue weighted by Crippen LogP contribution is -2.13. The predicted octanol–water partition coefficient (Wildman–Crippen LogP) is 4.60. The molecular formula is C18H26N2. The van der Waals surface area contributed by atoms with Crippen LogP contribution in [0.1, 0.15) is 52.7 Å². The molecule has 2 rings (SSSR count). The Morgan fingerprint density at radius 2 is 1.00 bits per heavy atom. The SMILES string of the molecule is CC(C)(C)c1cc(N)c2c(N)cc(C(C)(C)C)cc2c1. The van der Waals surface area contributed by atoms with E-state index in [1.54, 1.807) is 0 Å². The van der Waals surface area contributed by atoms with Crippen LogP contribution in [-0.2, 0) is 10.8 Å². The summed E-state index contributed by atoms with van der Waals surface area (Å²) in [7, 11) is 0. The van der Waals surface area contributed by atoms with Gasteiger partial charge in [0.15, 0.2) is 0 Å². The molecule has 0 saturated heterocycles. The fourth-order valence-corrected chi connectivity index (χ4v) is 2.45. The van der Waals surface area contributed by atoms with Gasteiger partial charge in [-0.05, 0) is 39.5 Å². The van der Waals surface area contributed by atoms with Crippen LogP contribution in [0, 0.1) is 0 Å². The number of anilines is 2. The molecule has 0 atom stereocenters. The summed E-state index contributed by atoms with van der Waals surface area (Å²) in [6.45, 7) is 13.2. The van der Waals surface area contributed by atoms with Crippen LogP contribution in [0.5, 0.6) is 0 Å². The summed E-state index contributed by atoms with van der Waals surface area (Å²) in [6.07, 6.45) is 0. The van der Waals surface area contributed by atoms with Crippen molar-refractivity contribution in [2.24, 2.45) is 0 Å². The third-order valence-corrected chi connectivity index (χ3v) is 3.84. The van der Waals surface area contributed by atoms with Crippen LogP contribution in [0.3, 0.4) is 0 Å². The largest absolute Gasteiger partial charge is 0.398 e. The zero-order valence-corrected chi connectivity index (χ0v) is 13.5. The fourth-order valence-electron chi connectivity index (χ4n) is 2.45. The second-order valence-electron chi connectivity index (χ2n) is 7.73. The second-order valence-corrected chi connectivity index (χ2v) is 7.73. The van der Waals surface area contributed by atoms with Crippen LogP contribution in [0.15, 0.2) is 24.3 Å². The van der Waals surface area contributed by atoms with Gasteiger partial charge in [-0.25, -0.2) is 0 Å². The number of nitrogens with two attached hydrogens (primary N) is 2. The average Bonchev–Trinajstić information content (AvgIpc) is 2.25. The Balaban J connectivity index is 2.81. The monoisotopic (exact) mass is 270 g/mol. The first kappa shape index (κ1) is 14.7. The van der Waals surface area contributed by atoms with Crippen molar-refractivity contribution in [3.63, 3.8) is 0 Å². The van der Waals surface area contributed by atoms with E-state index in [0.717, 1.165) is 22.1 Å². The summed E-state index contributed by atoms with van der Waals surface area (Å²) in [4.78, 5) is 0. The van der Waals surface area contributed by atoms with Crippen molar-refractivity contribution >= 4 is 22.1 Å². The fraction of sp³-hybridized carbons (Fsp3) is 0.444. The summed E-state index contributed by atoms with van der Waals surface area (Å²) in [5.41, 5.74) is 16.6. The number of hydrogen-bond acceptors (Lipinski definition) is 2. The first-order chi connectivity index (χ1) is 9.00. The maximum absolute atomic E-state index is 6.23. The average molecular weight is 270 g/mol. The van der Waals surface area contributed by atoms with Crippen molar-refractivity contribution in [3.05, 3.63) is 35.4 Å². The van der Waals surface area contributed by atoms with Gasteiger partial charge >= 0.3 is 0 Å². The van der Waals surface area contributed by atoms with E-state index in [2.05, 4.69) is 65.8 Å². The van der Waals surface area contributed by atoms with E-state index in [-0.39, 0.29) is 10.8 Å². The smallest absolute Gasteiger partial charge is 0.0417 e. The van der Waals surface area contributed by atoms with E-state index >= 15 is 0 Å². The van der Waals surface area contributed by atoms with Gasteiger partial charge in [-0.2, -0.15) is 0 Å². The highest BCUT2D eigenvalue weighted by Crippen LogP contribution is 2.36. The highest BCUT2D eigenvalue weighted by Gasteiger charge is 2.19. The number of rotatable bonds is 0. The number of hydrogen-bond donors (Lipinski definition) is 2. The number of fused-ring (bicyclic) bond motifs is 1. The molecule has 0 aliphatic rings. The molecule has 2 nitrogen and oxygen atoms in total. The Morgan fingerprint density at radius 3 is 1.30 bits per heavy atom. The van der Waals surface area contributed by atoms with Crippen LogP contribution >= 0.6 is 0 Å². The van der Waals surface area contributed by atoms with Gasteiger partial charge in [0.05, 0.1) is 0 Å². The highest BCUT2D eigenvalue weighted by atomic mass is 14.6. The van der Waals surface area contributed by atoms with Gasteiger partial charge in [0, 0.05) is 16.8 Å². The molecule has 0 spiro atoms. The van der Waals surface area contributed by atoms with Gasteiger partial charge in [0.25, 0.3) is 0 Å². The molecule has 0 aliphatic heterocycles. The molecule has 0 amide bonds. The van der Waals surface area contributed by atoms with Gasteiger partial charge < -0.3 is 11.5 Å². The van der Waals surface area contributed by atoms with Crippen LogP contribution in [-0.4, -0.2) is 0 Å². The topological polar surface area (TPSA) is 52.0 Å². The van der Waals surface area contributed by atoms with Crippen molar-refractivity contribution in [2.75, 3.05) is 11.5 Å². The molecule has 0 saturated carbocycles. The van der Waals surface area contributed by atoms with Crippen molar-refractivity contribution in [1.29, 1.82) is 0 Å². The predicted molar refractivity (Wildman–Crippen MR) is 90.2 cm³/mol. The summed E-state index contributed by atoms with van der Waals surface area (Å²) in [6, 6.07) is 8.54. The summed E-state index contributed by atoms with van der Waals surface area (Å²) >= 11 is 0. The molecule has 0 fully saturated rings. The molecule has 4 N–H and O–H groups in total. The molecule has 108 valence electrons. The molecule has 0 bridgehead atoms. The Hall–Kier alpha value is -1.70. The molecule has 0 aromatic heterocycles. The summed E-state index contributed by atoms with van der Waals surface area (Å²) in [5.74, 6) is 0. The van der Waals surface area contributed by atoms with Crippen molar-refractivity contribution in [2.45, 2.75) is 52.4 Å². The Kier molecular flexibility index (Phi) is 3.24. The Morgan fingerprint density at radius 1 is 0.650 bits per heavy atom. The zero-order chi connectivity index (χ0) is 15.3. The standard InChI is InChI=1S/C18H26N2/c1-17(2,3)12-7-11-8-13(18(4,5)6)10-15(20)16(11)14(19)9-12/h7-10H,19-20H2,1-6H3. The minimum Gasteiger partial charge on any atom is -0.398 e. The molecular weight excluding hydrogens is 244 g/mol. The quantitative estimate of drug-likeness (QED) is 0.687. The Labute approximate surface area is 122 Å². The maximum Gasteiger partial charge on any atom is 0.0417 e. The van der Waals surface area contributed by atoms with Gasteiger partial charge in [-0.15, -0.1) is 0 Å². The van der Waals surface area contributed by atoms with Crippen molar-refractivity contribution < 1.29 is 0 Å². The Bertz CT molecular complexity index is 601. The highest BCUT2D eigenvalue weighted by molar-refractivity contribution is 6.02. The zero-order valence-electron chi connectivity index (χ0n) is 13.5. The van der Waals surface area contributed by atoms with Gasteiger partial charge in [0.2, 0.25) is 0 Å². The molecule has 2 heteroatoms. The van der Waals surface area contributed by atoms with E-state index in [1.807, 2.05) is 0 Å². The molecule has 0 aliphatic carbocycles. The number of benzene rings is 2. The lowest BCUT2D eigenvalue weighted by atomic mass is 9.82. The van der Waals surface area contributed by atoms with E-state index < -0.39 is 0 Å². The summed E-state index contributed by atoms with van der Waals surface area (Å²) < 4.78 is 0. The van der Waals surface area contributed by atoms with E-state index in [0.29, 0.717) is 0 Å². The van der Waals surface area contributed by atoms with Gasteiger partial charge in [-0.3, -0.25) is 0 Å². The normalized spacial score (nSPS) is 12.9. The van der Waals surface area contributed by atoms with Crippen LogP contribution in [0.2, 0.25) is 0 Å². The minimum absolute atomic E-state index is 0.0782. The third kappa shape index (κ3) is 2.60. The first-order valence-corrected chi connectivity index (χ1v) is 7.14. The van der Waals surface area contributed by atoms with Crippen molar-refractivity contribution in [3.8, 4) is 0 Å². The molecule has 0 heterocycles. The third-order valence-electron chi connectivity index (χ3n) is 3.84. The number of nitrogen functional groups attached to an aromatic ring is 2. The summed E-state index contributed by atoms with van der Waals surface area (Å²) in [5, 5.41) is 2.12. The maximum atomic E-state index is 6.23. The molecule has 2 aromatic rings. The van der Waals surface area contributed by atoms with Gasteiger partial charge in [0.1, 0.15) is 0 Å². The van der Waals surface area contributed by atoms with Crippen LogP contribution in [0.25, 0.3) is 10.8 Å².